The van der Waals surface area contributed by atoms with Gasteiger partial charge < -0.3 is 9.88 Å². The van der Waals surface area contributed by atoms with E-state index in [0.29, 0.717) is 35.7 Å². The average Bonchev–Trinajstić information content (AvgIpc) is 3.26. The van der Waals surface area contributed by atoms with Gasteiger partial charge in [-0.3, -0.25) is 14.3 Å². The smallest absolute Gasteiger partial charge is 0.295 e. The minimum Gasteiger partial charge on any atom is -0.328 e. The molecule has 34 heavy (non-hydrogen) atoms. The molecule has 3 N–H and O–H groups in total. The van der Waals surface area contributed by atoms with Crippen LogP contribution in [0, 0.1) is 6.92 Å². The standard InChI is InChI=1S/C23H26N6O4S/c1-4-28-19-11-10-17(34(24,32)33)14-18(19)25-20(28)12-13-21(30)26-22-15(2)27(3)29(23(22)31)16-8-6-5-7-9-16/h5-11,14H,4,12-13H2,1-3H3,(H,26,30)(H2,24,32,33). The first-order chi connectivity index (χ1) is 16.1. The second-order valence-electron chi connectivity index (χ2n) is 7.95. The number of hydrogen-bond acceptors (Lipinski definition) is 5. The van der Waals surface area contributed by atoms with Crippen LogP contribution in [0.2, 0.25) is 0 Å². The van der Waals surface area contributed by atoms with Gasteiger partial charge in [-0.2, -0.15) is 0 Å². The molecule has 11 heteroatoms. The zero-order valence-electron chi connectivity index (χ0n) is 19.1. The van der Waals surface area contributed by atoms with Crippen molar-refractivity contribution in [3.05, 3.63) is 70.4 Å². The zero-order chi connectivity index (χ0) is 24.6. The molecule has 0 aliphatic heterocycles. The molecule has 10 nitrogen and oxygen atoms in total. The van der Waals surface area contributed by atoms with E-state index >= 15 is 0 Å². The molecule has 1 amide bonds. The van der Waals surface area contributed by atoms with Gasteiger partial charge in [0.2, 0.25) is 15.9 Å². The lowest BCUT2D eigenvalue weighted by atomic mass is 10.2. The van der Waals surface area contributed by atoms with Gasteiger partial charge in [0.15, 0.2) is 0 Å². The summed E-state index contributed by atoms with van der Waals surface area (Å²) in [6.45, 7) is 4.31. The van der Waals surface area contributed by atoms with Gasteiger partial charge in [-0.15, -0.1) is 0 Å². The van der Waals surface area contributed by atoms with E-state index < -0.39 is 10.0 Å². The molecule has 2 aromatic heterocycles. The van der Waals surface area contributed by atoms with Crippen molar-refractivity contribution in [2.75, 3.05) is 5.32 Å². The molecule has 0 aliphatic rings. The highest BCUT2D eigenvalue weighted by Gasteiger charge is 2.19. The number of nitrogens with two attached hydrogens (primary N) is 1. The van der Waals surface area contributed by atoms with Crippen LogP contribution >= 0.6 is 0 Å². The van der Waals surface area contributed by atoms with E-state index in [9.17, 15) is 18.0 Å². The Balaban J connectivity index is 1.56. The number of anilines is 1. The first-order valence-corrected chi connectivity index (χ1v) is 12.3. The van der Waals surface area contributed by atoms with Crippen molar-refractivity contribution < 1.29 is 13.2 Å². The molecule has 0 aliphatic carbocycles. The molecule has 0 atom stereocenters. The first-order valence-electron chi connectivity index (χ1n) is 10.8. The van der Waals surface area contributed by atoms with Crippen molar-refractivity contribution >= 4 is 32.7 Å². The summed E-state index contributed by atoms with van der Waals surface area (Å²) in [5.74, 6) is 0.330. The number of primary sulfonamides is 1. The summed E-state index contributed by atoms with van der Waals surface area (Å²) in [5.41, 5.74) is 2.52. The molecule has 4 aromatic rings. The Morgan fingerprint density at radius 3 is 2.50 bits per heavy atom. The highest BCUT2D eigenvalue weighted by molar-refractivity contribution is 7.89. The van der Waals surface area contributed by atoms with E-state index in [1.165, 1.54) is 16.8 Å². The Morgan fingerprint density at radius 1 is 1.15 bits per heavy atom. The number of carbonyl (C=O) groups is 1. The van der Waals surface area contributed by atoms with Gasteiger partial charge in [0.1, 0.15) is 11.5 Å². The molecule has 0 radical (unpaired) electrons. The monoisotopic (exact) mass is 482 g/mol. The molecule has 4 rings (SSSR count). The maximum atomic E-state index is 13.0. The lowest BCUT2D eigenvalue weighted by Gasteiger charge is -2.07. The van der Waals surface area contributed by atoms with Crippen LogP contribution in [-0.2, 0) is 34.8 Å². The summed E-state index contributed by atoms with van der Waals surface area (Å²) in [4.78, 5) is 30.3. The first kappa shape index (κ1) is 23.5. The second-order valence-corrected chi connectivity index (χ2v) is 9.51. The Bertz CT molecular complexity index is 1550. The quantitative estimate of drug-likeness (QED) is 0.416. The Kier molecular flexibility index (Phi) is 6.15. The van der Waals surface area contributed by atoms with Crippen LogP contribution in [0.25, 0.3) is 16.7 Å². The van der Waals surface area contributed by atoms with Crippen molar-refractivity contribution in [3.63, 3.8) is 0 Å². The van der Waals surface area contributed by atoms with Gasteiger partial charge in [-0.1, -0.05) is 18.2 Å². The lowest BCUT2D eigenvalue weighted by Crippen LogP contribution is -2.23. The summed E-state index contributed by atoms with van der Waals surface area (Å²) >= 11 is 0. The SMILES string of the molecule is CCn1c(CCC(=O)Nc2c(C)n(C)n(-c3ccccc3)c2=O)nc2cc(S(N)(=O)=O)ccc21. The number of imidazole rings is 1. The number of aryl methyl sites for hydroxylation is 2. The van der Waals surface area contributed by atoms with Crippen molar-refractivity contribution in [2.45, 2.75) is 38.1 Å². The minimum absolute atomic E-state index is 0.0145. The highest BCUT2D eigenvalue weighted by atomic mass is 32.2. The predicted octanol–water partition coefficient (Wildman–Crippen LogP) is 2.07. The third-order valence-corrected chi connectivity index (χ3v) is 6.75. The van der Waals surface area contributed by atoms with Crippen LogP contribution < -0.4 is 16.0 Å². The van der Waals surface area contributed by atoms with Crippen LogP contribution in [0.5, 0.6) is 0 Å². The Hall–Kier alpha value is -3.70. The van der Waals surface area contributed by atoms with E-state index in [2.05, 4.69) is 10.3 Å². The van der Waals surface area contributed by atoms with Crippen LogP contribution in [0.4, 0.5) is 5.69 Å². The topological polar surface area (TPSA) is 134 Å². The molecule has 0 unspecified atom stereocenters. The minimum atomic E-state index is -3.84. The summed E-state index contributed by atoms with van der Waals surface area (Å²) in [5, 5.41) is 7.98. The number of nitrogens with zero attached hydrogens (tertiary/aromatic N) is 4. The largest absolute Gasteiger partial charge is 0.328 e. The molecule has 2 aromatic carbocycles. The average molecular weight is 483 g/mol. The third kappa shape index (κ3) is 4.27. The van der Waals surface area contributed by atoms with Crippen molar-refractivity contribution in [3.8, 4) is 5.69 Å². The third-order valence-electron chi connectivity index (χ3n) is 5.84. The van der Waals surface area contributed by atoms with E-state index in [-0.39, 0.29) is 28.5 Å². The van der Waals surface area contributed by atoms with Gasteiger partial charge in [0, 0.05) is 26.4 Å². The van der Waals surface area contributed by atoms with Crippen LogP contribution in [0.1, 0.15) is 24.9 Å². The van der Waals surface area contributed by atoms with Gasteiger partial charge >= 0.3 is 0 Å². The molecular formula is C23H26N6O4S. The van der Waals surface area contributed by atoms with Crippen molar-refractivity contribution in [1.29, 1.82) is 0 Å². The van der Waals surface area contributed by atoms with Crippen molar-refractivity contribution in [1.82, 2.24) is 18.9 Å². The van der Waals surface area contributed by atoms with E-state index in [4.69, 9.17) is 5.14 Å². The Morgan fingerprint density at radius 2 is 1.85 bits per heavy atom. The van der Waals surface area contributed by atoms with E-state index in [1.54, 1.807) is 24.7 Å². The number of benzene rings is 2. The summed E-state index contributed by atoms with van der Waals surface area (Å²) < 4.78 is 28.4. The fourth-order valence-electron chi connectivity index (χ4n) is 4.02. The molecule has 0 fully saturated rings. The highest BCUT2D eigenvalue weighted by Crippen LogP contribution is 2.21. The molecule has 0 saturated heterocycles. The second kappa shape index (κ2) is 8.92. The number of sulfonamides is 1. The van der Waals surface area contributed by atoms with Crippen LogP contribution in [-0.4, -0.2) is 33.2 Å². The fraction of sp³-hybridized carbons (Fsp3) is 0.261. The number of nitrogens with one attached hydrogen (secondary N) is 1. The molecule has 178 valence electrons. The number of carbonyl (C=O) groups excluding carboxylic acids is 1. The number of fused-ring (bicyclic) bond motifs is 1. The Labute approximate surface area is 196 Å². The molecular weight excluding hydrogens is 456 g/mol. The summed E-state index contributed by atoms with van der Waals surface area (Å²) in [7, 11) is -2.08. The van der Waals surface area contributed by atoms with Gasteiger partial charge in [-0.05, 0) is 44.2 Å². The fourth-order valence-corrected chi connectivity index (χ4v) is 4.55. The molecule has 0 bridgehead atoms. The van der Waals surface area contributed by atoms with E-state index in [1.807, 2.05) is 41.8 Å². The maximum Gasteiger partial charge on any atom is 0.295 e. The normalized spacial score (nSPS) is 11.8. The number of aromatic nitrogens is 4. The number of hydrogen-bond donors (Lipinski definition) is 2. The molecule has 0 saturated carbocycles. The van der Waals surface area contributed by atoms with E-state index in [0.717, 1.165) is 5.52 Å². The molecule has 0 spiro atoms. The zero-order valence-corrected chi connectivity index (χ0v) is 20.0. The number of para-hydroxylation sites is 1. The van der Waals surface area contributed by atoms with Gasteiger partial charge in [0.05, 0.1) is 27.3 Å². The predicted molar refractivity (Wildman–Crippen MR) is 129 cm³/mol. The van der Waals surface area contributed by atoms with Gasteiger partial charge in [-0.25, -0.2) is 23.2 Å². The summed E-state index contributed by atoms with van der Waals surface area (Å²) in [6.07, 6.45) is 0.419. The lowest BCUT2D eigenvalue weighted by molar-refractivity contribution is -0.116. The summed E-state index contributed by atoms with van der Waals surface area (Å²) in [6, 6.07) is 13.7. The van der Waals surface area contributed by atoms with Gasteiger partial charge in [0.25, 0.3) is 5.56 Å². The number of rotatable bonds is 7. The molecule has 2 heterocycles. The number of amides is 1. The maximum absolute atomic E-state index is 13.0. The van der Waals surface area contributed by atoms with Crippen LogP contribution in [0.15, 0.2) is 58.2 Å². The van der Waals surface area contributed by atoms with Crippen LogP contribution in [0.3, 0.4) is 0 Å². The van der Waals surface area contributed by atoms with Crippen molar-refractivity contribution in [2.24, 2.45) is 12.2 Å².